The maximum atomic E-state index is 12.8. The number of hydrogen-bond donors (Lipinski definition) is 1. The van der Waals surface area contributed by atoms with Crippen molar-refractivity contribution in [2.75, 3.05) is 6.54 Å². The molecule has 0 spiro atoms. The highest BCUT2D eigenvalue weighted by molar-refractivity contribution is 5.96. The van der Waals surface area contributed by atoms with Crippen LogP contribution in [0.15, 0.2) is 18.2 Å². The lowest BCUT2D eigenvalue weighted by atomic mass is 9.94. The van der Waals surface area contributed by atoms with E-state index in [1.165, 1.54) is 12.0 Å². The van der Waals surface area contributed by atoms with Gasteiger partial charge in [-0.15, -0.1) is 0 Å². The van der Waals surface area contributed by atoms with Gasteiger partial charge in [0, 0.05) is 24.2 Å². The smallest absolute Gasteiger partial charge is 0.254 e. The van der Waals surface area contributed by atoms with E-state index in [-0.39, 0.29) is 18.0 Å². The van der Waals surface area contributed by atoms with Crippen LogP contribution < -0.4 is 5.73 Å². The molecule has 2 N–H and O–H groups in total. The molecule has 0 aromatic heterocycles. The zero-order chi connectivity index (χ0) is 14.0. The third-order valence-corrected chi connectivity index (χ3v) is 4.25. The van der Waals surface area contributed by atoms with Crippen molar-refractivity contribution >= 4 is 5.91 Å². The predicted octanol–water partition coefficient (Wildman–Crippen LogP) is 2.65. The van der Waals surface area contributed by atoms with Crippen molar-refractivity contribution in [3.05, 3.63) is 34.9 Å². The number of benzene rings is 1. The highest BCUT2D eigenvalue weighted by Crippen LogP contribution is 2.23. The molecule has 1 aromatic rings. The summed E-state index contributed by atoms with van der Waals surface area (Å²) in [5, 5.41) is 0. The Morgan fingerprint density at radius 3 is 2.79 bits per heavy atom. The van der Waals surface area contributed by atoms with E-state index >= 15 is 0 Å². The topological polar surface area (TPSA) is 46.3 Å². The second-order valence-electron chi connectivity index (χ2n) is 5.67. The molecule has 3 nitrogen and oxygen atoms in total. The summed E-state index contributed by atoms with van der Waals surface area (Å²) in [6.07, 6.45) is 3.27. The monoisotopic (exact) mass is 260 g/mol. The number of piperidine rings is 1. The highest BCUT2D eigenvalue weighted by Gasteiger charge is 2.30. The lowest BCUT2D eigenvalue weighted by Gasteiger charge is -2.38. The number of nitrogens with two attached hydrogens (primary N) is 1. The van der Waals surface area contributed by atoms with Gasteiger partial charge < -0.3 is 10.6 Å². The Bertz CT molecular complexity index is 468. The molecule has 1 amide bonds. The van der Waals surface area contributed by atoms with Crippen molar-refractivity contribution in [3.63, 3.8) is 0 Å². The van der Waals surface area contributed by atoms with E-state index < -0.39 is 0 Å². The fourth-order valence-electron chi connectivity index (χ4n) is 2.89. The molecular weight excluding hydrogens is 236 g/mol. The van der Waals surface area contributed by atoms with E-state index in [1.807, 2.05) is 43.9 Å². The quantitative estimate of drug-likeness (QED) is 0.888. The molecule has 1 aliphatic heterocycles. The fourth-order valence-corrected chi connectivity index (χ4v) is 2.89. The Kier molecular flexibility index (Phi) is 4.25. The first-order valence-corrected chi connectivity index (χ1v) is 7.15. The van der Waals surface area contributed by atoms with Gasteiger partial charge in [0.1, 0.15) is 0 Å². The Balaban J connectivity index is 2.29. The molecule has 1 aromatic carbocycles. The number of rotatable bonds is 2. The van der Waals surface area contributed by atoms with Crippen molar-refractivity contribution in [1.29, 1.82) is 0 Å². The summed E-state index contributed by atoms with van der Waals surface area (Å²) >= 11 is 0. The molecule has 0 saturated carbocycles. The first kappa shape index (κ1) is 14.1. The largest absolute Gasteiger partial charge is 0.334 e. The van der Waals surface area contributed by atoms with Gasteiger partial charge in [-0.2, -0.15) is 0 Å². The van der Waals surface area contributed by atoms with Crippen molar-refractivity contribution < 1.29 is 4.79 Å². The summed E-state index contributed by atoms with van der Waals surface area (Å²) in [6, 6.07) is 6.15. The number of likely N-dealkylation sites (tertiary alicyclic amines) is 1. The van der Waals surface area contributed by atoms with Crippen LogP contribution in [0, 0.1) is 13.8 Å². The molecule has 0 aliphatic carbocycles. The third kappa shape index (κ3) is 2.81. The van der Waals surface area contributed by atoms with Gasteiger partial charge in [0.2, 0.25) is 0 Å². The summed E-state index contributed by atoms with van der Waals surface area (Å²) in [5.74, 6) is 0.142. The molecule has 1 fully saturated rings. The van der Waals surface area contributed by atoms with Crippen LogP contribution in [0.4, 0.5) is 0 Å². The van der Waals surface area contributed by atoms with Crippen LogP contribution in [0.2, 0.25) is 0 Å². The summed E-state index contributed by atoms with van der Waals surface area (Å²) in [7, 11) is 0. The van der Waals surface area contributed by atoms with Crippen LogP contribution >= 0.6 is 0 Å². The number of aryl methyl sites for hydroxylation is 1. The van der Waals surface area contributed by atoms with Crippen molar-refractivity contribution in [3.8, 4) is 0 Å². The Morgan fingerprint density at radius 1 is 1.37 bits per heavy atom. The summed E-state index contributed by atoms with van der Waals surface area (Å²) in [4.78, 5) is 14.7. The van der Waals surface area contributed by atoms with Gasteiger partial charge in [-0.3, -0.25) is 4.79 Å². The second kappa shape index (κ2) is 5.74. The van der Waals surface area contributed by atoms with Gasteiger partial charge in [0.25, 0.3) is 5.91 Å². The highest BCUT2D eigenvalue weighted by atomic mass is 16.2. The van der Waals surface area contributed by atoms with Crippen LogP contribution in [0.1, 0.15) is 47.7 Å². The van der Waals surface area contributed by atoms with Gasteiger partial charge >= 0.3 is 0 Å². The van der Waals surface area contributed by atoms with Crippen LogP contribution in [-0.2, 0) is 0 Å². The van der Waals surface area contributed by atoms with E-state index in [9.17, 15) is 4.79 Å². The standard InChI is InChI=1S/C16H24N2O/c1-11-7-6-8-14(12(11)2)16(19)18-10-5-4-9-15(18)13(3)17/h6-8,13,15H,4-5,9-10,17H2,1-3H3/t13-,15+/m0/s1. The van der Waals surface area contributed by atoms with Crippen LogP contribution in [-0.4, -0.2) is 29.4 Å². The molecule has 2 atom stereocenters. The van der Waals surface area contributed by atoms with Crippen molar-refractivity contribution in [1.82, 2.24) is 4.90 Å². The maximum Gasteiger partial charge on any atom is 0.254 e. The molecule has 1 aliphatic rings. The minimum absolute atomic E-state index is 0.0364. The molecular formula is C16H24N2O. The number of carbonyl (C=O) groups excluding carboxylic acids is 1. The van der Waals surface area contributed by atoms with E-state index in [1.54, 1.807) is 0 Å². The predicted molar refractivity (Wildman–Crippen MR) is 78.2 cm³/mol. The van der Waals surface area contributed by atoms with E-state index in [2.05, 4.69) is 0 Å². The SMILES string of the molecule is Cc1cccc(C(=O)N2CCCC[C@@H]2[C@H](C)N)c1C. The van der Waals surface area contributed by atoms with Gasteiger partial charge in [0.05, 0.1) is 0 Å². The average molecular weight is 260 g/mol. The normalized spacial score (nSPS) is 21.3. The first-order chi connectivity index (χ1) is 9.02. The van der Waals surface area contributed by atoms with Crippen molar-refractivity contribution in [2.24, 2.45) is 5.73 Å². The van der Waals surface area contributed by atoms with Gasteiger partial charge in [-0.05, 0) is 57.2 Å². The summed E-state index contributed by atoms with van der Waals surface area (Å²) < 4.78 is 0. The fraction of sp³-hybridized carbons (Fsp3) is 0.562. The number of carbonyl (C=O) groups is 1. The maximum absolute atomic E-state index is 12.8. The molecule has 104 valence electrons. The lowest BCUT2D eigenvalue weighted by Crippen LogP contribution is -2.51. The minimum atomic E-state index is 0.0364. The number of amides is 1. The second-order valence-corrected chi connectivity index (χ2v) is 5.67. The molecule has 0 bridgehead atoms. The number of nitrogens with zero attached hydrogens (tertiary/aromatic N) is 1. The molecule has 2 rings (SSSR count). The number of hydrogen-bond acceptors (Lipinski definition) is 2. The summed E-state index contributed by atoms with van der Waals surface area (Å²) in [5.41, 5.74) is 9.13. The Labute approximate surface area is 115 Å². The first-order valence-electron chi connectivity index (χ1n) is 7.15. The van der Waals surface area contributed by atoms with Crippen LogP contribution in [0.25, 0.3) is 0 Å². The molecule has 0 unspecified atom stereocenters. The average Bonchev–Trinajstić information content (AvgIpc) is 2.41. The van der Waals surface area contributed by atoms with E-state index in [4.69, 9.17) is 5.73 Å². The molecule has 3 heteroatoms. The molecule has 19 heavy (non-hydrogen) atoms. The van der Waals surface area contributed by atoms with E-state index in [0.717, 1.165) is 30.5 Å². The van der Waals surface area contributed by atoms with Crippen molar-refractivity contribution in [2.45, 2.75) is 52.1 Å². The Morgan fingerprint density at radius 2 is 2.11 bits per heavy atom. The van der Waals surface area contributed by atoms with Gasteiger partial charge in [-0.1, -0.05) is 12.1 Å². The van der Waals surface area contributed by atoms with Gasteiger partial charge in [0.15, 0.2) is 0 Å². The lowest BCUT2D eigenvalue weighted by molar-refractivity contribution is 0.0583. The minimum Gasteiger partial charge on any atom is -0.334 e. The van der Waals surface area contributed by atoms with Gasteiger partial charge in [-0.25, -0.2) is 0 Å². The summed E-state index contributed by atoms with van der Waals surface area (Å²) in [6.45, 7) is 6.90. The molecule has 1 heterocycles. The zero-order valence-corrected chi connectivity index (χ0v) is 12.1. The van der Waals surface area contributed by atoms with Crippen LogP contribution in [0.5, 0.6) is 0 Å². The molecule has 1 saturated heterocycles. The Hall–Kier alpha value is -1.35. The van der Waals surface area contributed by atoms with E-state index in [0.29, 0.717) is 0 Å². The molecule has 0 radical (unpaired) electrons. The third-order valence-electron chi connectivity index (χ3n) is 4.25. The van der Waals surface area contributed by atoms with Crippen LogP contribution in [0.3, 0.4) is 0 Å². The zero-order valence-electron chi connectivity index (χ0n) is 12.1.